The molecule has 0 bridgehead atoms. The summed E-state index contributed by atoms with van der Waals surface area (Å²) in [5.74, 6) is 1.01. The predicted octanol–water partition coefficient (Wildman–Crippen LogP) is 1.88. The van der Waals surface area contributed by atoms with Gasteiger partial charge in [-0.05, 0) is 19.3 Å². The maximum Gasteiger partial charge on any atom is 0.193 e. The number of thiazole rings is 1. The average molecular weight is 252 g/mol. The summed E-state index contributed by atoms with van der Waals surface area (Å²) in [4.78, 5) is 11.2. The fourth-order valence-electron chi connectivity index (χ4n) is 2.02. The molecule has 5 heteroatoms. The van der Waals surface area contributed by atoms with Crippen molar-refractivity contribution in [2.75, 3.05) is 20.1 Å². The number of rotatable bonds is 3. The van der Waals surface area contributed by atoms with E-state index in [1.54, 1.807) is 11.3 Å². The van der Waals surface area contributed by atoms with Crippen LogP contribution in [-0.2, 0) is 13.0 Å². The number of hydrogen-bond acceptors (Lipinski definition) is 3. The highest BCUT2D eigenvalue weighted by Crippen LogP contribution is 2.11. The summed E-state index contributed by atoms with van der Waals surface area (Å²) in [6, 6.07) is 0. The van der Waals surface area contributed by atoms with Crippen molar-refractivity contribution in [3.05, 3.63) is 16.1 Å². The predicted molar refractivity (Wildman–Crippen MR) is 72.5 cm³/mol. The number of aromatic nitrogens is 1. The molecule has 2 rings (SSSR count). The van der Waals surface area contributed by atoms with E-state index in [2.05, 4.69) is 32.5 Å². The Balaban J connectivity index is 1.87. The largest absolute Gasteiger partial charge is 0.351 e. The van der Waals surface area contributed by atoms with E-state index < -0.39 is 0 Å². The van der Waals surface area contributed by atoms with Crippen molar-refractivity contribution in [3.8, 4) is 0 Å². The van der Waals surface area contributed by atoms with Gasteiger partial charge in [0.2, 0.25) is 0 Å². The highest BCUT2D eigenvalue weighted by Gasteiger charge is 2.15. The second-order valence-electron chi connectivity index (χ2n) is 4.18. The smallest absolute Gasteiger partial charge is 0.193 e. The minimum atomic E-state index is 0.777. The molecule has 1 N–H and O–H groups in total. The van der Waals surface area contributed by atoms with Crippen LogP contribution in [0.2, 0.25) is 0 Å². The summed E-state index contributed by atoms with van der Waals surface area (Å²) in [6.45, 7) is 5.16. The Morgan fingerprint density at radius 2 is 2.29 bits per heavy atom. The second-order valence-corrected chi connectivity index (χ2v) is 5.12. The minimum Gasteiger partial charge on any atom is -0.351 e. The standard InChI is InChI=1S/C12H20N4S/c1-3-11-15-10(9-17-11)8-14-12(13-2)16-6-4-5-7-16/h9H,3-8H2,1-2H3,(H,13,14). The van der Waals surface area contributed by atoms with E-state index in [4.69, 9.17) is 0 Å². The molecule has 1 aliphatic rings. The first-order valence-electron chi connectivity index (χ1n) is 6.22. The molecule has 17 heavy (non-hydrogen) atoms. The van der Waals surface area contributed by atoms with Crippen LogP contribution in [-0.4, -0.2) is 36.0 Å². The zero-order valence-electron chi connectivity index (χ0n) is 10.6. The molecule has 2 heterocycles. The number of nitrogens with one attached hydrogen (secondary N) is 1. The van der Waals surface area contributed by atoms with Gasteiger partial charge in [-0.15, -0.1) is 11.3 Å². The van der Waals surface area contributed by atoms with Crippen LogP contribution in [0, 0.1) is 0 Å². The van der Waals surface area contributed by atoms with Gasteiger partial charge >= 0.3 is 0 Å². The second kappa shape index (κ2) is 6.00. The van der Waals surface area contributed by atoms with E-state index in [9.17, 15) is 0 Å². The molecular formula is C12H20N4S. The summed E-state index contributed by atoms with van der Waals surface area (Å²) >= 11 is 1.74. The summed E-state index contributed by atoms with van der Waals surface area (Å²) < 4.78 is 0. The van der Waals surface area contributed by atoms with Gasteiger partial charge in [0, 0.05) is 25.5 Å². The average Bonchev–Trinajstić information content (AvgIpc) is 3.00. The Morgan fingerprint density at radius 3 is 2.88 bits per heavy atom. The first-order chi connectivity index (χ1) is 8.33. The SMILES string of the molecule is CCc1nc(CNC(=NC)N2CCCC2)cs1. The molecule has 0 unspecified atom stereocenters. The maximum atomic E-state index is 4.54. The van der Waals surface area contributed by atoms with Crippen molar-refractivity contribution in [1.82, 2.24) is 15.2 Å². The van der Waals surface area contributed by atoms with Crippen LogP contribution in [0.5, 0.6) is 0 Å². The molecule has 0 saturated carbocycles. The lowest BCUT2D eigenvalue weighted by atomic mass is 10.4. The lowest BCUT2D eigenvalue weighted by Crippen LogP contribution is -2.39. The maximum absolute atomic E-state index is 4.54. The fourth-order valence-corrected chi connectivity index (χ4v) is 2.77. The number of likely N-dealkylation sites (tertiary alicyclic amines) is 1. The van der Waals surface area contributed by atoms with Gasteiger partial charge in [-0.25, -0.2) is 4.98 Å². The topological polar surface area (TPSA) is 40.5 Å². The molecule has 0 atom stereocenters. The lowest BCUT2D eigenvalue weighted by Gasteiger charge is -2.20. The first-order valence-corrected chi connectivity index (χ1v) is 7.10. The Kier molecular flexibility index (Phi) is 4.36. The van der Waals surface area contributed by atoms with Crippen LogP contribution < -0.4 is 5.32 Å². The van der Waals surface area contributed by atoms with Crippen molar-refractivity contribution in [3.63, 3.8) is 0 Å². The molecule has 1 aliphatic heterocycles. The number of nitrogens with zero attached hydrogens (tertiary/aromatic N) is 3. The Morgan fingerprint density at radius 1 is 1.53 bits per heavy atom. The fraction of sp³-hybridized carbons (Fsp3) is 0.667. The van der Waals surface area contributed by atoms with Crippen molar-refractivity contribution < 1.29 is 0 Å². The molecule has 0 radical (unpaired) electrons. The van der Waals surface area contributed by atoms with E-state index in [-0.39, 0.29) is 0 Å². The third-order valence-electron chi connectivity index (χ3n) is 2.95. The Bertz CT molecular complexity index is 380. The molecule has 0 amide bonds. The van der Waals surface area contributed by atoms with Crippen molar-refractivity contribution in [2.45, 2.75) is 32.7 Å². The van der Waals surface area contributed by atoms with E-state index in [0.29, 0.717) is 0 Å². The van der Waals surface area contributed by atoms with E-state index in [0.717, 1.165) is 37.7 Å². The van der Waals surface area contributed by atoms with Gasteiger partial charge in [0.05, 0.1) is 17.2 Å². The Hall–Kier alpha value is -1.10. The van der Waals surface area contributed by atoms with Crippen LogP contribution in [0.15, 0.2) is 10.4 Å². The molecule has 1 fully saturated rings. The zero-order valence-corrected chi connectivity index (χ0v) is 11.4. The summed E-state index contributed by atoms with van der Waals surface area (Å²) in [5.41, 5.74) is 1.12. The van der Waals surface area contributed by atoms with Gasteiger partial charge in [-0.1, -0.05) is 6.92 Å². The van der Waals surface area contributed by atoms with Crippen molar-refractivity contribution >= 4 is 17.3 Å². The van der Waals surface area contributed by atoms with Crippen LogP contribution in [0.25, 0.3) is 0 Å². The summed E-state index contributed by atoms with van der Waals surface area (Å²) in [6.07, 6.45) is 3.57. The normalized spacial score (nSPS) is 16.6. The highest BCUT2D eigenvalue weighted by molar-refractivity contribution is 7.09. The van der Waals surface area contributed by atoms with Crippen molar-refractivity contribution in [2.24, 2.45) is 4.99 Å². The Labute approximate surface area is 107 Å². The molecule has 1 saturated heterocycles. The van der Waals surface area contributed by atoms with E-state index >= 15 is 0 Å². The van der Waals surface area contributed by atoms with E-state index in [1.807, 2.05) is 7.05 Å². The highest BCUT2D eigenvalue weighted by atomic mass is 32.1. The van der Waals surface area contributed by atoms with Crippen LogP contribution in [0.1, 0.15) is 30.5 Å². The summed E-state index contributed by atoms with van der Waals surface area (Å²) in [7, 11) is 1.85. The number of aliphatic imine (C=N–C) groups is 1. The third kappa shape index (κ3) is 3.19. The van der Waals surface area contributed by atoms with Gasteiger partial charge in [0.25, 0.3) is 0 Å². The number of guanidine groups is 1. The molecule has 4 nitrogen and oxygen atoms in total. The molecule has 1 aromatic rings. The van der Waals surface area contributed by atoms with Gasteiger partial charge < -0.3 is 10.2 Å². The first kappa shape index (κ1) is 12.4. The van der Waals surface area contributed by atoms with Gasteiger partial charge in [0.1, 0.15) is 0 Å². The van der Waals surface area contributed by atoms with Gasteiger partial charge in [-0.3, -0.25) is 4.99 Å². The lowest BCUT2D eigenvalue weighted by molar-refractivity contribution is 0.493. The summed E-state index contributed by atoms with van der Waals surface area (Å²) in [5, 5.41) is 6.72. The van der Waals surface area contributed by atoms with Gasteiger partial charge in [0.15, 0.2) is 5.96 Å². The van der Waals surface area contributed by atoms with Crippen LogP contribution >= 0.6 is 11.3 Å². The number of hydrogen-bond donors (Lipinski definition) is 1. The monoisotopic (exact) mass is 252 g/mol. The third-order valence-corrected chi connectivity index (χ3v) is 3.99. The quantitative estimate of drug-likeness (QED) is 0.659. The van der Waals surface area contributed by atoms with Gasteiger partial charge in [-0.2, -0.15) is 0 Å². The molecule has 94 valence electrons. The molecule has 0 spiro atoms. The number of aryl methyl sites for hydroxylation is 1. The van der Waals surface area contributed by atoms with Crippen LogP contribution in [0.3, 0.4) is 0 Å². The van der Waals surface area contributed by atoms with E-state index in [1.165, 1.54) is 17.8 Å². The van der Waals surface area contributed by atoms with Crippen molar-refractivity contribution in [1.29, 1.82) is 0 Å². The molecular weight excluding hydrogens is 232 g/mol. The minimum absolute atomic E-state index is 0.777. The molecule has 0 aromatic carbocycles. The molecule has 0 aliphatic carbocycles. The van der Waals surface area contributed by atoms with Crippen LogP contribution in [0.4, 0.5) is 0 Å². The zero-order chi connectivity index (χ0) is 12.1. The molecule has 1 aromatic heterocycles.